The van der Waals surface area contributed by atoms with E-state index in [1.54, 1.807) is 12.1 Å². The Morgan fingerprint density at radius 2 is 2.08 bits per heavy atom. The van der Waals surface area contributed by atoms with E-state index in [4.69, 9.17) is 0 Å². The molecule has 0 amide bonds. The van der Waals surface area contributed by atoms with Crippen LogP contribution in [0.2, 0.25) is 0 Å². The second-order valence-electron chi connectivity index (χ2n) is 2.56. The van der Waals surface area contributed by atoms with Crippen LogP contribution in [0, 0.1) is 0 Å². The number of nitrogens with zero attached hydrogens (tertiary/aromatic N) is 1. The highest BCUT2D eigenvalue weighted by molar-refractivity contribution is 7.89. The molecule has 1 rings (SSSR count). The Kier molecular flexibility index (Phi) is 2.32. The van der Waals surface area contributed by atoms with Gasteiger partial charge in [-0.05, 0) is 6.07 Å². The second-order valence-corrected chi connectivity index (χ2v) is 4.67. The number of aromatic nitrogens is 1. The Labute approximate surface area is 70.4 Å². The molecule has 0 aliphatic heterocycles. The van der Waals surface area contributed by atoms with Crippen LogP contribution in [0.15, 0.2) is 29.2 Å². The summed E-state index contributed by atoms with van der Waals surface area (Å²) in [5.41, 5.74) is -0.303. The lowest BCUT2D eigenvalue weighted by atomic mass is 10.5. The van der Waals surface area contributed by atoms with Crippen molar-refractivity contribution in [1.29, 1.82) is 0 Å². The molecule has 0 fully saturated rings. The first-order valence-electron chi connectivity index (χ1n) is 3.32. The van der Waals surface area contributed by atoms with Gasteiger partial charge in [0.15, 0.2) is 9.84 Å². The molecule has 1 aromatic rings. The highest BCUT2D eigenvalue weighted by atomic mass is 32.2. The molecule has 0 atom stereocenters. The van der Waals surface area contributed by atoms with Crippen molar-refractivity contribution in [3.63, 3.8) is 0 Å². The fourth-order valence-corrected chi connectivity index (χ4v) is 1.54. The summed E-state index contributed by atoms with van der Waals surface area (Å²) in [5.74, 6) is -0.257. The van der Waals surface area contributed by atoms with Crippen molar-refractivity contribution in [3.8, 4) is 0 Å². The van der Waals surface area contributed by atoms with Gasteiger partial charge in [0.25, 0.3) is 5.56 Å². The van der Waals surface area contributed by atoms with Crippen LogP contribution < -0.4 is 5.56 Å². The summed E-state index contributed by atoms with van der Waals surface area (Å²) in [6.07, 6.45) is 2.54. The van der Waals surface area contributed by atoms with Crippen molar-refractivity contribution >= 4 is 9.84 Å². The van der Waals surface area contributed by atoms with E-state index in [9.17, 15) is 13.2 Å². The highest BCUT2D eigenvalue weighted by Crippen LogP contribution is 1.88. The standard InChI is InChI=1S/C7H9NO3S/c1-12(10,11)6-8-5-3-2-4-7(8)9/h2-5H,6H2,1H3. The fraction of sp³-hybridized carbons (Fsp3) is 0.286. The quantitative estimate of drug-likeness (QED) is 0.647. The van der Waals surface area contributed by atoms with Crippen LogP contribution in [0.25, 0.3) is 0 Å². The predicted octanol–water partition coefficient (Wildman–Crippen LogP) is -0.150. The predicted molar refractivity (Wildman–Crippen MR) is 45.5 cm³/mol. The van der Waals surface area contributed by atoms with Crippen molar-refractivity contribution in [2.24, 2.45) is 0 Å². The second kappa shape index (κ2) is 3.10. The average Bonchev–Trinajstić information content (AvgIpc) is 1.91. The summed E-state index contributed by atoms with van der Waals surface area (Å²) in [4.78, 5) is 11.0. The highest BCUT2D eigenvalue weighted by Gasteiger charge is 2.03. The Balaban J connectivity index is 3.07. The minimum atomic E-state index is -3.14. The zero-order valence-electron chi connectivity index (χ0n) is 6.60. The summed E-state index contributed by atoms with van der Waals surface area (Å²) in [6.45, 7) is 0. The molecule has 0 aliphatic rings. The Bertz CT molecular complexity index is 418. The lowest BCUT2D eigenvalue weighted by molar-refractivity contribution is 0.588. The van der Waals surface area contributed by atoms with E-state index in [0.717, 1.165) is 10.8 Å². The van der Waals surface area contributed by atoms with E-state index in [2.05, 4.69) is 0 Å². The van der Waals surface area contributed by atoms with Gasteiger partial charge >= 0.3 is 0 Å². The first-order valence-corrected chi connectivity index (χ1v) is 5.38. The van der Waals surface area contributed by atoms with Crippen LogP contribution in [-0.2, 0) is 15.7 Å². The van der Waals surface area contributed by atoms with Crippen molar-refractivity contribution in [1.82, 2.24) is 4.57 Å². The number of hydrogen-bond donors (Lipinski definition) is 0. The van der Waals surface area contributed by atoms with Crippen LogP contribution in [-0.4, -0.2) is 19.2 Å². The van der Waals surface area contributed by atoms with Crippen molar-refractivity contribution < 1.29 is 8.42 Å². The molecule has 0 aliphatic carbocycles. The smallest absolute Gasteiger partial charge is 0.251 e. The SMILES string of the molecule is CS(=O)(=O)Cn1ccccc1=O. The summed E-state index contributed by atoms with van der Waals surface area (Å²) in [7, 11) is -3.14. The monoisotopic (exact) mass is 187 g/mol. The molecule has 5 heteroatoms. The number of rotatable bonds is 2. The molecule has 0 unspecified atom stereocenters. The summed E-state index contributed by atoms with van der Waals surface area (Å²) < 4.78 is 22.7. The zero-order chi connectivity index (χ0) is 9.19. The Hall–Kier alpha value is -1.10. The van der Waals surface area contributed by atoms with E-state index in [-0.39, 0.29) is 11.4 Å². The van der Waals surface area contributed by atoms with E-state index >= 15 is 0 Å². The Morgan fingerprint density at radius 3 is 2.58 bits per heavy atom. The molecule has 0 saturated carbocycles. The van der Waals surface area contributed by atoms with Gasteiger partial charge in [-0.25, -0.2) is 8.42 Å². The van der Waals surface area contributed by atoms with Crippen LogP contribution in [0.5, 0.6) is 0 Å². The molecule has 0 saturated heterocycles. The molecule has 4 nitrogen and oxygen atoms in total. The maximum atomic E-state index is 11.0. The van der Waals surface area contributed by atoms with Gasteiger partial charge in [0.05, 0.1) is 0 Å². The summed E-state index contributed by atoms with van der Waals surface area (Å²) in [5, 5.41) is 0. The third-order valence-electron chi connectivity index (χ3n) is 1.27. The third kappa shape index (κ3) is 2.50. The zero-order valence-corrected chi connectivity index (χ0v) is 7.41. The van der Waals surface area contributed by atoms with Crippen LogP contribution in [0.1, 0.15) is 0 Å². The topological polar surface area (TPSA) is 56.1 Å². The molecular formula is C7H9NO3S. The maximum Gasteiger partial charge on any atom is 0.251 e. The molecule has 0 radical (unpaired) electrons. The Morgan fingerprint density at radius 1 is 1.42 bits per heavy atom. The number of hydrogen-bond acceptors (Lipinski definition) is 3. The lowest BCUT2D eigenvalue weighted by Gasteiger charge is -2.01. The molecule has 0 bridgehead atoms. The first kappa shape index (κ1) is 8.99. The van der Waals surface area contributed by atoms with Gasteiger partial charge in [0.1, 0.15) is 5.88 Å². The van der Waals surface area contributed by atoms with Crippen molar-refractivity contribution in [2.75, 3.05) is 6.26 Å². The summed E-state index contributed by atoms with van der Waals surface area (Å²) in [6, 6.07) is 4.51. The minimum absolute atomic E-state index is 0.257. The van der Waals surface area contributed by atoms with E-state index in [1.807, 2.05) is 0 Å². The molecule has 0 N–H and O–H groups in total. The van der Waals surface area contributed by atoms with E-state index in [0.29, 0.717) is 0 Å². The normalized spacial score (nSPS) is 11.4. The first-order chi connectivity index (χ1) is 5.49. The van der Waals surface area contributed by atoms with Gasteiger partial charge < -0.3 is 4.57 Å². The number of sulfone groups is 1. The minimum Gasteiger partial charge on any atom is -0.301 e. The fourth-order valence-electron chi connectivity index (χ4n) is 0.820. The van der Waals surface area contributed by atoms with Crippen LogP contribution in [0.3, 0.4) is 0 Å². The number of pyridine rings is 1. The maximum absolute atomic E-state index is 11.0. The van der Waals surface area contributed by atoms with Gasteiger partial charge in [0, 0.05) is 18.5 Å². The third-order valence-corrected chi connectivity index (χ3v) is 2.02. The molecule has 0 aromatic carbocycles. The average molecular weight is 187 g/mol. The van der Waals surface area contributed by atoms with Gasteiger partial charge in [-0.1, -0.05) is 6.07 Å². The van der Waals surface area contributed by atoms with Gasteiger partial charge in [-0.15, -0.1) is 0 Å². The molecule has 12 heavy (non-hydrogen) atoms. The molecule has 1 heterocycles. The van der Waals surface area contributed by atoms with Gasteiger partial charge in [-0.2, -0.15) is 0 Å². The van der Waals surface area contributed by atoms with E-state index in [1.165, 1.54) is 12.3 Å². The summed E-state index contributed by atoms with van der Waals surface area (Å²) >= 11 is 0. The molecule has 0 spiro atoms. The largest absolute Gasteiger partial charge is 0.301 e. The molecular weight excluding hydrogens is 178 g/mol. The molecule has 66 valence electrons. The van der Waals surface area contributed by atoms with Crippen molar-refractivity contribution in [3.05, 3.63) is 34.7 Å². The van der Waals surface area contributed by atoms with Crippen molar-refractivity contribution in [2.45, 2.75) is 5.88 Å². The van der Waals surface area contributed by atoms with E-state index < -0.39 is 9.84 Å². The lowest BCUT2D eigenvalue weighted by Crippen LogP contribution is -2.21. The molecule has 1 aromatic heterocycles. The van der Waals surface area contributed by atoms with Gasteiger partial charge in [-0.3, -0.25) is 4.79 Å². The van der Waals surface area contributed by atoms with Crippen LogP contribution >= 0.6 is 0 Å². The van der Waals surface area contributed by atoms with Gasteiger partial charge in [0.2, 0.25) is 0 Å². The van der Waals surface area contributed by atoms with Crippen LogP contribution in [0.4, 0.5) is 0 Å².